The van der Waals surface area contributed by atoms with Crippen molar-refractivity contribution in [2.24, 2.45) is 5.92 Å². The average molecular weight is 462 g/mol. The maximum absolute atomic E-state index is 13.4. The molecule has 0 atom stereocenters. The maximum Gasteiger partial charge on any atom is 0.341 e. The number of ether oxygens (including phenoxy) is 1. The van der Waals surface area contributed by atoms with Gasteiger partial charge in [0.25, 0.3) is 0 Å². The summed E-state index contributed by atoms with van der Waals surface area (Å²) in [5.41, 5.74) is 3.91. The minimum absolute atomic E-state index is 0.0357. The van der Waals surface area contributed by atoms with Gasteiger partial charge in [-0.1, -0.05) is 6.07 Å². The Kier molecular flexibility index (Phi) is 7.09. The van der Waals surface area contributed by atoms with E-state index in [-0.39, 0.29) is 42.0 Å². The van der Waals surface area contributed by atoms with Gasteiger partial charge in [-0.05, 0) is 70.7 Å². The molecule has 1 aliphatic rings. The lowest BCUT2D eigenvalue weighted by molar-refractivity contribution is -0.120. The van der Waals surface area contributed by atoms with E-state index >= 15 is 0 Å². The molecular weight excluding hydrogens is 430 g/mol. The lowest BCUT2D eigenvalue weighted by Crippen LogP contribution is -2.41. The van der Waals surface area contributed by atoms with Gasteiger partial charge >= 0.3 is 5.97 Å². The number of aromatic amines is 1. The summed E-state index contributed by atoms with van der Waals surface area (Å²) in [5.74, 6) is -1.04. The number of nitrogens with one attached hydrogen (secondary N) is 2. The molecule has 0 spiro atoms. The van der Waals surface area contributed by atoms with Gasteiger partial charge in [0.15, 0.2) is 0 Å². The largest absolute Gasteiger partial charge is 0.462 e. The molecule has 0 aliphatic carbocycles. The van der Waals surface area contributed by atoms with Crippen molar-refractivity contribution in [3.63, 3.8) is 0 Å². The third-order valence-corrected chi connectivity index (χ3v) is 8.07. The number of esters is 1. The number of aryl methyl sites for hydroxylation is 4. The summed E-state index contributed by atoms with van der Waals surface area (Å²) in [6.07, 6.45) is 0.820. The summed E-state index contributed by atoms with van der Waals surface area (Å²) in [6.45, 7) is 9.53. The molecule has 2 N–H and O–H groups in total. The summed E-state index contributed by atoms with van der Waals surface area (Å²) >= 11 is 0. The lowest BCUT2D eigenvalue weighted by atomic mass is 9.97. The van der Waals surface area contributed by atoms with E-state index in [1.165, 1.54) is 4.31 Å². The Morgan fingerprint density at radius 2 is 1.75 bits per heavy atom. The minimum Gasteiger partial charge on any atom is -0.462 e. The monoisotopic (exact) mass is 461 g/mol. The van der Waals surface area contributed by atoms with Gasteiger partial charge in [-0.2, -0.15) is 4.31 Å². The van der Waals surface area contributed by atoms with Gasteiger partial charge in [-0.15, -0.1) is 0 Å². The first-order chi connectivity index (χ1) is 15.1. The van der Waals surface area contributed by atoms with Crippen molar-refractivity contribution < 1.29 is 22.7 Å². The van der Waals surface area contributed by atoms with E-state index in [2.05, 4.69) is 10.3 Å². The predicted octanol–water partition coefficient (Wildman–Crippen LogP) is 3.46. The molecule has 2 heterocycles. The Labute approximate surface area is 189 Å². The van der Waals surface area contributed by atoms with E-state index in [4.69, 9.17) is 4.74 Å². The van der Waals surface area contributed by atoms with Gasteiger partial charge in [0.2, 0.25) is 15.9 Å². The van der Waals surface area contributed by atoms with E-state index < -0.39 is 16.0 Å². The third-order valence-electron chi connectivity index (χ3n) is 5.99. The van der Waals surface area contributed by atoms with E-state index in [1.807, 2.05) is 32.0 Å². The van der Waals surface area contributed by atoms with E-state index in [1.54, 1.807) is 20.8 Å². The third kappa shape index (κ3) is 4.73. The SMILES string of the molecule is CCOC(=O)c1c(C)[nH]c(C)c1S(=O)(=O)N1CCC(C(=O)Nc2ccc(C)c(C)c2)CC1. The number of hydrogen-bond acceptors (Lipinski definition) is 5. The first-order valence-electron chi connectivity index (χ1n) is 10.8. The van der Waals surface area contributed by atoms with Crippen LogP contribution in [0.5, 0.6) is 0 Å². The van der Waals surface area contributed by atoms with Gasteiger partial charge in [0.05, 0.1) is 6.61 Å². The standard InChI is InChI=1S/C23H31N3O5S/c1-6-31-23(28)20-16(4)24-17(5)21(20)32(29,30)26-11-9-18(10-12-26)22(27)25-19-8-7-14(2)15(3)13-19/h7-8,13,18,24H,6,9-12H2,1-5H3,(H,25,27). The quantitative estimate of drug-likeness (QED) is 0.641. The number of H-pyrrole nitrogens is 1. The molecule has 0 bridgehead atoms. The zero-order chi connectivity index (χ0) is 23.6. The summed E-state index contributed by atoms with van der Waals surface area (Å²) in [6, 6.07) is 5.76. The van der Waals surface area contributed by atoms with Crippen LogP contribution >= 0.6 is 0 Å². The smallest absolute Gasteiger partial charge is 0.341 e. The second-order valence-electron chi connectivity index (χ2n) is 8.27. The van der Waals surface area contributed by atoms with Gasteiger partial charge in [-0.25, -0.2) is 13.2 Å². The number of piperidine rings is 1. The van der Waals surface area contributed by atoms with Gasteiger partial charge in [-0.3, -0.25) is 4.79 Å². The maximum atomic E-state index is 13.4. The Morgan fingerprint density at radius 1 is 1.09 bits per heavy atom. The number of hydrogen-bond donors (Lipinski definition) is 2. The number of aromatic nitrogens is 1. The molecule has 2 aromatic rings. The van der Waals surface area contributed by atoms with Crippen LogP contribution in [0.4, 0.5) is 5.69 Å². The van der Waals surface area contributed by atoms with Crippen LogP contribution in [-0.4, -0.2) is 49.3 Å². The number of sulfonamides is 1. The topological polar surface area (TPSA) is 109 Å². The predicted molar refractivity (Wildman–Crippen MR) is 122 cm³/mol. The van der Waals surface area contributed by atoms with Gasteiger partial charge < -0.3 is 15.0 Å². The normalized spacial score (nSPS) is 15.5. The molecule has 1 saturated heterocycles. The summed E-state index contributed by atoms with van der Waals surface area (Å²) in [5, 5.41) is 2.94. The van der Waals surface area contributed by atoms with Crippen LogP contribution < -0.4 is 5.32 Å². The molecular formula is C23H31N3O5S. The number of amides is 1. The van der Waals surface area contributed by atoms with Crippen molar-refractivity contribution >= 4 is 27.6 Å². The van der Waals surface area contributed by atoms with Crippen LogP contribution in [0.15, 0.2) is 23.1 Å². The molecule has 0 saturated carbocycles. The lowest BCUT2D eigenvalue weighted by Gasteiger charge is -2.30. The van der Waals surface area contributed by atoms with Crippen LogP contribution in [0.2, 0.25) is 0 Å². The van der Waals surface area contributed by atoms with Crippen molar-refractivity contribution in [1.82, 2.24) is 9.29 Å². The highest BCUT2D eigenvalue weighted by Gasteiger charge is 2.37. The summed E-state index contributed by atoms with van der Waals surface area (Å²) in [4.78, 5) is 28.0. The van der Waals surface area contributed by atoms with E-state index in [0.29, 0.717) is 24.2 Å². The first kappa shape index (κ1) is 24.0. The molecule has 0 radical (unpaired) electrons. The number of carbonyl (C=O) groups excluding carboxylic acids is 2. The molecule has 0 unspecified atom stereocenters. The van der Waals surface area contributed by atoms with Crippen molar-refractivity contribution in [1.29, 1.82) is 0 Å². The minimum atomic E-state index is -3.91. The van der Waals surface area contributed by atoms with Crippen LogP contribution in [0.1, 0.15) is 52.6 Å². The highest BCUT2D eigenvalue weighted by molar-refractivity contribution is 7.89. The number of nitrogens with zero attached hydrogens (tertiary/aromatic N) is 1. The summed E-state index contributed by atoms with van der Waals surface area (Å²) in [7, 11) is -3.91. The van der Waals surface area contributed by atoms with Crippen molar-refractivity contribution in [2.45, 2.75) is 52.4 Å². The first-order valence-corrected chi connectivity index (χ1v) is 12.2. The highest BCUT2D eigenvalue weighted by atomic mass is 32.2. The molecule has 9 heteroatoms. The summed E-state index contributed by atoms with van der Waals surface area (Å²) < 4.78 is 33.2. The molecule has 1 fully saturated rings. The fourth-order valence-electron chi connectivity index (χ4n) is 4.08. The van der Waals surface area contributed by atoms with E-state index in [0.717, 1.165) is 16.8 Å². The number of rotatable bonds is 6. The molecule has 3 rings (SSSR count). The average Bonchev–Trinajstić information content (AvgIpc) is 3.05. The van der Waals surface area contributed by atoms with Crippen LogP contribution in [-0.2, 0) is 19.6 Å². The second kappa shape index (κ2) is 9.46. The fraction of sp³-hybridized carbons (Fsp3) is 0.478. The highest BCUT2D eigenvalue weighted by Crippen LogP contribution is 2.31. The number of benzene rings is 1. The number of carbonyl (C=O) groups is 2. The van der Waals surface area contributed by atoms with Gasteiger partial charge in [0, 0.05) is 36.1 Å². The second-order valence-corrected chi connectivity index (χ2v) is 10.1. The molecule has 1 aromatic carbocycles. The zero-order valence-corrected chi connectivity index (χ0v) is 20.1. The molecule has 1 aliphatic heterocycles. The molecule has 174 valence electrons. The molecule has 1 amide bonds. The Morgan fingerprint density at radius 3 is 2.34 bits per heavy atom. The van der Waals surface area contributed by atoms with Crippen molar-refractivity contribution in [3.8, 4) is 0 Å². The number of anilines is 1. The Hall–Kier alpha value is -2.65. The Bertz CT molecular complexity index is 1130. The Balaban J connectivity index is 1.72. The van der Waals surface area contributed by atoms with Crippen molar-refractivity contribution in [3.05, 3.63) is 46.3 Å². The van der Waals surface area contributed by atoms with Crippen molar-refractivity contribution in [2.75, 3.05) is 25.0 Å². The zero-order valence-electron chi connectivity index (χ0n) is 19.2. The van der Waals surface area contributed by atoms with Gasteiger partial charge in [0.1, 0.15) is 10.5 Å². The fourth-order valence-corrected chi connectivity index (χ4v) is 5.96. The molecule has 32 heavy (non-hydrogen) atoms. The van der Waals surface area contributed by atoms with E-state index in [9.17, 15) is 18.0 Å². The molecule has 1 aromatic heterocycles. The van der Waals surface area contributed by atoms with Crippen LogP contribution in [0, 0.1) is 33.6 Å². The van der Waals surface area contributed by atoms with Crippen LogP contribution in [0.25, 0.3) is 0 Å². The molecule has 8 nitrogen and oxygen atoms in total. The van der Waals surface area contributed by atoms with Crippen LogP contribution in [0.3, 0.4) is 0 Å².